The van der Waals surface area contributed by atoms with Gasteiger partial charge < -0.3 is 9.80 Å². The first-order valence-corrected chi connectivity index (χ1v) is 10.2. The van der Waals surface area contributed by atoms with Crippen molar-refractivity contribution in [1.82, 2.24) is 9.80 Å². The molecule has 146 valence electrons. The number of likely N-dealkylation sites (tertiary alicyclic amines) is 1. The van der Waals surface area contributed by atoms with E-state index in [0.717, 1.165) is 43.4 Å². The highest BCUT2D eigenvalue weighted by Crippen LogP contribution is 2.53. The van der Waals surface area contributed by atoms with E-state index >= 15 is 0 Å². The van der Waals surface area contributed by atoms with Gasteiger partial charge in [-0.25, -0.2) is 0 Å². The lowest BCUT2D eigenvalue weighted by Crippen LogP contribution is -2.38. The van der Waals surface area contributed by atoms with Gasteiger partial charge in [0.15, 0.2) is 0 Å². The minimum atomic E-state index is -0.158. The molecule has 1 aromatic carbocycles. The first kappa shape index (κ1) is 18.5. The maximum absolute atomic E-state index is 13.2. The summed E-state index contributed by atoms with van der Waals surface area (Å²) in [5, 5.41) is 0. The topological polar surface area (TPSA) is 40.6 Å². The third kappa shape index (κ3) is 3.07. The standard InChI is InChI=1S/C23H32N2O2/c1-16(26)24(5)23(10-11-23)18-8-6-17(7-9-18)20(27)25-15-22(4)13-19(25)12-21(2,3)14-22/h6-9,19H,10-15H2,1-5H3. The Morgan fingerprint density at radius 1 is 1.07 bits per heavy atom. The second-order valence-electron chi connectivity index (χ2n) is 10.3. The van der Waals surface area contributed by atoms with E-state index in [0.29, 0.717) is 11.5 Å². The average molecular weight is 369 g/mol. The second-order valence-corrected chi connectivity index (χ2v) is 10.3. The van der Waals surface area contributed by atoms with Crippen LogP contribution in [0.2, 0.25) is 0 Å². The van der Waals surface area contributed by atoms with E-state index in [-0.39, 0.29) is 22.8 Å². The largest absolute Gasteiger partial charge is 0.336 e. The number of hydrogen-bond acceptors (Lipinski definition) is 2. The Morgan fingerprint density at radius 3 is 2.26 bits per heavy atom. The predicted molar refractivity (Wildman–Crippen MR) is 106 cm³/mol. The van der Waals surface area contributed by atoms with Crippen molar-refractivity contribution in [1.29, 1.82) is 0 Å². The van der Waals surface area contributed by atoms with E-state index in [9.17, 15) is 9.59 Å². The van der Waals surface area contributed by atoms with Crippen LogP contribution in [-0.2, 0) is 10.3 Å². The lowest BCUT2D eigenvalue weighted by molar-refractivity contribution is -0.130. The number of benzene rings is 1. The molecular formula is C23H32N2O2. The number of carbonyl (C=O) groups is 2. The maximum Gasteiger partial charge on any atom is 0.254 e. The normalized spacial score (nSPS) is 30.1. The Kier molecular flexibility index (Phi) is 4.00. The molecule has 4 nitrogen and oxygen atoms in total. The molecule has 4 rings (SSSR count). The summed E-state index contributed by atoms with van der Waals surface area (Å²) >= 11 is 0. The summed E-state index contributed by atoms with van der Waals surface area (Å²) in [5.41, 5.74) is 2.32. The zero-order chi connectivity index (χ0) is 19.6. The van der Waals surface area contributed by atoms with Crippen LogP contribution in [0.3, 0.4) is 0 Å². The Bertz CT molecular complexity index is 778. The molecule has 2 bridgehead atoms. The van der Waals surface area contributed by atoms with E-state index < -0.39 is 0 Å². The van der Waals surface area contributed by atoms with E-state index in [1.807, 2.05) is 36.2 Å². The van der Waals surface area contributed by atoms with Crippen LogP contribution in [0.25, 0.3) is 0 Å². The van der Waals surface area contributed by atoms with E-state index in [4.69, 9.17) is 0 Å². The third-order valence-corrected chi connectivity index (χ3v) is 7.18. The van der Waals surface area contributed by atoms with Crippen molar-refractivity contribution >= 4 is 11.8 Å². The number of fused-ring (bicyclic) bond motifs is 2. The van der Waals surface area contributed by atoms with Crippen molar-refractivity contribution in [3.63, 3.8) is 0 Å². The molecule has 2 unspecified atom stereocenters. The quantitative estimate of drug-likeness (QED) is 0.802. The van der Waals surface area contributed by atoms with Crippen LogP contribution in [0.5, 0.6) is 0 Å². The van der Waals surface area contributed by atoms with E-state index in [1.165, 1.54) is 6.42 Å². The molecule has 1 aliphatic heterocycles. The van der Waals surface area contributed by atoms with Gasteiger partial charge in [0.1, 0.15) is 0 Å². The lowest BCUT2D eigenvalue weighted by Gasteiger charge is -2.39. The summed E-state index contributed by atoms with van der Waals surface area (Å²) in [6, 6.07) is 8.38. The predicted octanol–water partition coefficient (Wildman–Crippen LogP) is 4.19. The first-order valence-electron chi connectivity index (χ1n) is 10.2. The van der Waals surface area contributed by atoms with Crippen molar-refractivity contribution in [3.8, 4) is 0 Å². The highest BCUT2D eigenvalue weighted by Gasteiger charge is 2.51. The minimum absolute atomic E-state index is 0.0906. The van der Waals surface area contributed by atoms with Crippen LogP contribution in [0.1, 0.15) is 75.7 Å². The smallest absolute Gasteiger partial charge is 0.254 e. The van der Waals surface area contributed by atoms with Crippen LogP contribution >= 0.6 is 0 Å². The lowest BCUT2D eigenvalue weighted by atomic mass is 9.65. The van der Waals surface area contributed by atoms with Crippen LogP contribution in [0.4, 0.5) is 0 Å². The molecule has 4 heteroatoms. The number of amides is 2. The summed E-state index contributed by atoms with van der Waals surface area (Å²) in [6.07, 6.45) is 5.42. The van der Waals surface area contributed by atoms with Gasteiger partial charge >= 0.3 is 0 Å². The van der Waals surface area contributed by atoms with Gasteiger partial charge in [-0.05, 0) is 60.6 Å². The zero-order valence-electron chi connectivity index (χ0n) is 17.3. The summed E-state index contributed by atoms with van der Waals surface area (Å²) in [5.74, 6) is 0.255. The molecule has 2 amide bonds. The van der Waals surface area contributed by atoms with Gasteiger partial charge in [-0.1, -0.05) is 32.9 Å². The first-order chi connectivity index (χ1) is 12.6. The number of hydrogen-bond donors (Lipinski definition) is 0. The molecule has 1 aromatic rings. The van der Waals surface area contributed by atoms with Crippen LogP contribution in [0.15, 0.2) is 24.3 Å². The molecule has 0 N–H and O–H groups in total. The van der Waals surface area contributed by atoms with Gasteiger partial charge in [-0.2, -0.15) is 0 Å². The van der Waals surface area contributed by atoms with Crippen LogP contribution < -0.4 is 0 Å². The van der Waals surface area contributed by atoms with Crippen molar-refractivity contribution in [2.75, 3.05) is 13.6 Å². The zero-order valence-corrected chi connectivity index (χ0v) is 17.3. The maximum atomic E-state index is 13.2. The average Bonchev–Trinajstić information content (AvgIpc) is 3.34. The molecule has 2 atom stereocenters. The summed E-state index contributed by atoms with van der Waals surface area (Å²) < 4.78 is 0. The second kappa shape index (κ2) is 5.83. The number of rotatable bonds is 3. The fraction of sp³-hybridized carbons (Fsp3) is 0.652. The van der Waals surface area contributed by atoms with Crippen molar-refractivity contribution < 1.29 is 9.59 Å². The highest BCUT2D eigenvalue weighted by molar-refractivity contribution is 5.94. The van der Waals surface area contributed by atoms with Crippen LogP contribution in [-0.4, -0.2) is 41.2 Å². The molecule has 0 radical (unpaired) electrons. The molecule has 2 saturated carbocycles. The summed E-state index contributed by atoms with van der Waals surface area (Å²) in [6.45, 7) is 9.50. The van der Waals surface area contributed by atoms with Gasteiger partial charge in [0.25, 0.3) is 5.91 Å². The summed E-state index contributed by atoms with van der Waals surface area (Å²) in [7, 11) is 1.88. The Labute approximate surface area is 162 Å². The molecule has 1 saturated heterocycles. The summed E-state index contributed by atoms with van der Waals surface area (Å²) in [4.78, 5) is 29.0. The van der Waals surface area contributed by atoms with Gasteiger partial charge in [0, 0.05) is 32.1 Å². The molecule has 0 spiro atoms. The minimum Gasteiger partial charge on any atom is -0.336 e. The molecule has 27 heavy (non-hydrogen) atoms. The Balaban J connectivity index is 1.54. The number of nitrogens with zero attached hydrogens (tertiary/aromatic N) is 2. The fourth-order valence-corrected chi connectivity index (χ4v) is 6.02. The van der Waals surface area contributed by atoms with Crippen LogP contribution in [0, 0.1) is 10.8 Å². The SMILES string of the molecule is CC(=O)N(C)C1(c2ccc(C(=O)N3CC4(C)CC3CC(C)(C)C4)cc2)CC1. The monoisotopic (exact) mass is 368 g/mol. The van der Waals surface area contributed by atoms with Crippen molar-refractivity contribution in [2.24, 2.45) is 10.8 Å². The van der Waals surface area contributed by atoms with E-state index in [1.54, 1.807) is 6.92 Å². The van der Waals surface area contributed by atoms with Gasteiger partial charge in [0.05, 0.1) is 5.54 Å². The van der Waals surface area contributed by atoms with Gasteiger partial charge in [0.2, 0.25) is 5.91 Å². The molecule has 0 aromatic heterocycles. The van der Waals surface area contributed by atoms with Gasteiger partial charge in [-0.3, -0.25) is 9.59 Å². The molecule has 1 heterocycles. The molecular weight excluding hydrogens is 336 g/mol. The molecule has 3 aliphatic rings. The van der Waals surface area contributed by atoms with E-state index in [2.05, 4.69) is 25.7 Å². The molecule has 3 fully saturated rings. The fourth-order valence-electron chi connectivity index (χ4n) is 6.02. The third-order valence-electron chi connectivity index (χ3n) is 7.18. The Morgan fingerprint density at radius 2 is 1.70 bits per heavy atom. The molecule has 2 aliphatic carbocycles. The van der Waals surface area contributed by atoms with Crippen molar-refractivity contribution in [3.05, 3.63) is 35.4 Å². The highest BCUT2D eigenvalue weighted by atomic mass is 16.2. The number of carbonyl (C=O) groups excluding carboxylic acids is 2. The Hall–Kier alpha value is -1.84. The van der Waals surface area contributed by atoms with Crippen molar-refractivity contribution in [2.45, 2.75) is 71.4 Å². The van der Waals surface area contributed by atoms with Gasteiger partial charge in [-0.15, -0.1) is 0 Å².